The van der Waals surface area contributed by atoms with Crippen LogP contribution in [0.3, 0.4) is 0 Å². The molecule has 3 aliphatic rings. The molecule has 166 valence electrons. The van der Waals surface area contributed by atoms with E-state index < -0.39 is 29.7 Å². The third-order valence-electron chi connectivity index (χ3n) is 5.50. The Kier molecular flexibility index (Phi) is 6.61. The molecule has 0 aliphatic carbocycles. The van der Waals surface area contributed by atoms with E-state index in [2.05, 4.69) is 10.6 Å². The second kappa shape index (κ2) is 9.03. The van der Waals surface area contributed by atoms with E-state index in [0.717, 1.165) is 4.90 Å². The number of piperazine rings is 1. The van der Waals surface area contributed by atoms with Gasteiger partial charge in [0.05, 0.1) is 11.1 Å². The molecule has 2 atom stereocenters. The molecule has 3 heterocycles. The first kappa shape index (κ1) is 22.7. The third kappa shape index (κ3) is 4.26. The number of piperidine rings is 1. The highest BCUT2D eigenvalue weighted by molar-refractivity contribution is 6.24. The summed E-state index contributed by atoms with van der Waals surface area (Å²) in [5, 5.41) is 5.41. The van der Waals surface area contributed by atoms with E-state index in [9.17, 15) is 24.0 Å². The molecule has 1 aromatic carbocycles. The zero-order valence-corrected chi connectivity index (χ0v) is 17.7. The summed E-state index contributed by atoms with van der Waals surface area (Å²) < 4.78 is 5.63. The first-order chi connectivity index (χ1) is 14.4. The van der Waals surface area contributed by atoms with Crippen molar-refractivity contribution in [3.8, 4) is 5.75 Å². The lowest BCUT2D eigenvalue weighted by Crippen LogP contribution is -2.54. The van der Waals surface area contributed by atoms with Crippen LogP contribution in [0.15, 0.2) is 18.2 Å². The lowest BCUT2D eigenvalue weighted by molar-refractivity contribution is -0.136. The number of ether oxygens (including phenoxy) is 1. The number of carbonyl (C=O) groups excluding carboxylic acids is 5. The van der Waals surface area contributed by atoms with Gasteiger partial charge in [-0.25, -0.2) is 0 Å². The van der Waals surface area contributed by atoms with Gasteiger partial charge in [0.2, 0.25) is 11.8 Å². The zero-order valence-electron chi connectivity index (χ0n) is 16.9. The lowest BCUT2D eigenvalue weighted by atomic mass is 10.0. The minimum Gasteiger partial charge on any atom is -0.483 e. The molecule has 0 radical (unpaired) electrons. The summed E-state index contributed by atoms with van der Waals surface area (Å²) in [6, 6.07) is 3.70. The lowest BCUT2D eigenvalue weighted by Gasteiger charge is -2.31. The van der Waals surface area contributed by atoms with E-state index in [1.54, 1.807) is 11.0 Å². The number of rotatable bonds is 4. The minimum absolute atomic E-state index is 0. The first-order valence-corrected chi connectivity index (χ1v) is 9.85. The molecule has 5 amide bonds. The summed E-state index contributed by atoms with van der Waals surface area (Å²) in [6.45, 7) is 3.55. The van der Waals surface area contributed by atoms with Crippen LogP contribution >= 0.6 is 12.4 Å². The molecule has 0 saturated carbocycles. The zero-order chi connectivity index (χ0) is 21.4. The number of nitrogens with zero attached hydrogens (tertiary/aromatic N) is 2. The van der Waals surface area contributed by atoms with E-state index in [1.165, 1.54) is 12.1 Å². The molecule has 2 unspecified atom stereocenters. The fraction of sp³-hybridized carbons (Fsp3) is 0.450. The predicted molar refractivity (Wildman–Crippen MR) is 110 cm³/mol. The monoisotopic (exact) mass is 450 g/mol. The van der Waals surface area contributed by atoms with Gasteiger partial charge >= 0.3 is 0 Å². The summed E-state index contributed by atoms with van der Waals surface area (Å²) >= 11 is 0. The molecule has 2 fully saturated rings. The smallest absolute Gasteiger partial charge is 0.266 e. The molecule has 0 bridgehead atoms. The van der Waals surface area contributed by atoms with Crippen molar-refractivity contribution < 1.29 is 28.7 Å². The van der Waals surface area contributed by atoms with E-state index in [0.29, 0.717) is 19.6 Å². The molecule has 2 N–H and O–H groups in total. The first-order valence-electron chi connectivity index (χ1n) is 9.85. The normalized spacial score (nSPS) is 23.3. The summed E-state index contributed by atoms with van der Waals surface area (Å²) in [6.07, 6.45) is 0.122. The van der Waals surface area contributed by atoms with Gasteiger partial charge in [-0.3, -0.25) is 34.2 Å². The second-order valence-corrected chi connectivity index (χ2v) is 7.61. The van der Waals surface area contributed by atoms with Crippen molar-refractivity contribution in [2.24, 2.45) is 0 Å². The fourth-order valence-electron chi connectivity index (χ4n) is 3.99. The van der Waals surface area contributed by atoms with Crippen molar-refractivity contribution in [2.45, 2.75) is 31.8 Å². The van der Waals surface area contributed by atoms with Crippen LogP contribution in [0.25, 0.3) is 0 Å². The van der Waals surface area contributed by atoms with Gasteiger partial charge in [0, 0.05) is 32.1 Å². The molecule has 0 spiro atoms. The van der Waals surface area contributed by atoms with Crippen LogP contribution < -0.4 is 15.4 Å². The topological polar surface area (TPSA) is 125 Å². The van der Waals surface area contributed by atoms with E-state index >= 15 is 0 Å². The number of carbonyl (C=O) groups is 5. The van der Waals surface area contributed by atoms with Crippen molar-refractivity contribution in [3.05, 3.63) is 29.3 Å². The number of fused-ring (bicyclic) bond motifs is 1. The highest BCUT2D eigenvalue weighted by atomic mass is 35.5. The Balaban J connectivity index is 0.00000272. The van der Waals surface area contributed by atoms with E-state index in [-0.39, 0.29) is 60.7 Å². The second-order valence-electron chi connectivity index (χ2n) is 7.61. The number of hydrogen-bond donors (Lipinski definition) is 2. The maximum absolute atomic E-state index is 13.0. The summed E-state index contributed by atoms with van der Waals surface area (Å²) in [5.41, 5.74) is 0.152. The molecule has 4 rings (SSSR count). The van der Waals surface area contributed by atoms with Crippen LogP contribution in [0.1, 0.15) is 40.5 Å². The van der Waals surface area contributed by atoms with Crippen molar-refractivity contribution in [3.63, 3.8) is 0 Å². The average molecular weight is 451 g/mol. The molecule has 2 saturated heterocycles. The molecular weight excluding hydrogens is 428 g/mol. The van der Waals surface area contributed by atoms with Gasteiger partial charge in [-0.05, 0) is 25.5 Å². The molecule has 10 nitrogen and oxygen atoms in total. The molecule has 1 aromatic rings. The highest BCUT2D eigenvalue weighted by Gasteiger charge is 2.46. The maximum Gasteiger partial charge on any atom is 0.266 e. The van der Waals surface area contributed by atoms with E-state index in [4.69, 9.17) is 4.74 Å². The Bertz CT molecular complexity index is 952. The highest BCUT2D eigenvalue weighted by Crippen LogP contribution is 2.33. The summed E-state index contributed by atoms with van der Waals surface area (Å²) in [5.74, 6) is -2.47. The van der Waals surface area contributed by atoms with Crippen molar-refractivity contribution in [1.82, 2.24) is 20.4 Å². The van der Waals surface area contributed by atoms with Gasteiger partial charge in [-0.15, -0.1) is 12.4 Å². The standard InChI is InChI=1S/C20H22N4O6.ClH/c1-11-9-23(8-7-21-11)16(26)10-30-14-4-2-3-12-17(14)20(29)24(19(12)28)13-5-6-15(25)22-18(13)27;/h2-4,11,13,21H,5-10H2,1H3,(H,22,25,27);1H. The van der Waals surface area contributed by atoms with Crippen LogP contribution in [0.4, 0.5) is 0 Å². The van der Waals surface area contributed by atoms with Gasteiger partial charge in [-0.1, -0.05) is 6.07 Å². The average Bonchev–Trinajstić information content (AvgIpc) is 2.97. The van der Waals surface area contributed by atoms with Gasteiger partial charge < -0.3 is 15.0 Å². The van der Waals surface area contributed by atoms with Gasteiger partial charge in [0.15, 0.2) is 6.61 Å². The molecule has 3 aliphatic heterocycles. The molecule has 11 heteroatoms. The van der Waals surface area contributed by atoms with Crippen molar-refractivity contribution in [2.75, 3.05) is 26.2 Å². The predicted octanol–water partition coefficient (Wildman–Crippen LogP) is -0.291. The Hall–Kier alpha value is -2.98. The maximum atomic E-state index is 13.0. The number of hydrogen-bond acceptors (Lipinski definition) is 7. The fourth-order valence-corrected chi connectivity index (χ4v) is 3.99. The number of amides is 5. The Morgan fingerprint density at radius 3 is 2.68 bits per heavy atom. The van der Waals surface area contributed by atoms with Gasteiger partial charge in [0.25, 0.3) is 17.7 Å². The number of nitrogens with one attached hydrogen (secondary N) is 2. The summed E-state index contributed by atoms with van der Waals surface area (Å²) in [4.78, 5) is 64.4. The Morgan fingerprint density at radius 1 is 1.19 bits per heavy atom. The van der Waals surface area contributed by atoms with E-state index in [1.807, 2.05) is 6.92 Å². The quantitative estimate of drug-likeness (QED) is 0.604. The van der Waals surface area contributed by atoms with Crippen LogP contribution in [-0.2, 0) is 14.4 Å². The summed E-state index contributed by atoms with van der Waals surface area (Å²) in [7, 11) is 0. The van der Waals surface area contributed by atoms with Crippen molar-refractivity contribution >= 4 is 41.9 Å². The molecular formula is C20H23ClN4O6. The molecule has 31 heavy (non-hydrogen) atoms. The largest absolute Gasteiger partial charge is 0.483 e. The van der Waals surface area contributed by atoms with Gasteiger partial charge in [0.1, 0.15) is 11.8 Å². The third-order valence-corrected chi connectivity index (χ3v) is 5.50. The molecule has 0 aromatic heterocycles. The number of benzene rings is 1. The van der Waals surface area contributed by atoms with Crippen LogP contribution in [-0.4, -0.2) is 77.7 Å². The Morgan fingerprint density at radius 2 is 1.97 bits per heavy atom. The SMILES string of the molecule is CC1CN(C(=O)COc2cccc3c2C(=O)N(C2CCC(=O)NC2=O)C3=O)CCN1.Cl. The minimum atomic E-state index is -1.05. The van der Waals surface area contributed by atoms with Crippen molar-refractivity contribution in [1.29, 1.82) is 0 Å². The Labute approximate surface area is 184 Å². The number of imide groups is 2. The van der Waals surface area contributed by atoms with Crippen LogP contribution in [0.5, 0.6) is 5.75 Å². The van der Waals surface area contributed by atoms with Crippen LogP contribution in [0, 0.1) is 0 Å². The van der Waals surface area contributed by atoms with Crippen LogP contribution in [0.2, 0.25) is 0 Å². The van der Waals surface area contributed by atoms with Gasteiger partial charge in [-0.2, -0.15) is 0 Å². The number of halogens is 1.